The van der Waals surface area contributed by atoms with Crippen LogP contribution >= 0.6 is 0 Å². The summed E-state index contributed by atoms with van der Waals surface area (Å²) in [5.74, 6) is 0. The van der Waals surface area contributed by atoms with Gasteiger partial charge in [0, 0.05) is 30.9 Å². The second-order valence-electron chi connectivity index (χ2n) is 4.56. The SMILES string of the molecule is Cc1cnc(CNCC2(C)COC2)cn1. The maximum Gasteiger partial charge on any atom is 0.0724 e. The Morgan fingerprint density at radius 3 is 2.73 bits per heavy atom. The lowest BCUT2D eigenvalue weighted by molar-refractivity contribution is -0.0991. The second-order valence-corrected chi connectivity index (χ2v) is 4.56. The van der Waals surface area contributed by atoms with E-state index in [2.05, 4.69) is 22.2 Å². The smallest absolute Gasteiger partial charge is 0.0724 e. The standard InChI is InChI=1S/C11H17N3O/c1-9-3-14-10(5-13-9)4-12-6-11(2)7-15-8-11/h3,5,12H,4,6-8H2,1-2H3. The van der Waals surface area contributed by atoms with Gasteiger partial charge in [-0.15, -0.1) is 0 Å². The molecule has 0 bridgehead atoms. The summed E-state index contributed by atoms with van der Waals surface area (Å²) in [6, 6.07) is 0. The molecule has 0 aromatic carbocycles. The highest BCUT2D eigenvalue weighted by Crippen LogP contribution is 2.25. The molecule has 1 N–H and O–H groups in total. The first-order chi connectivity index (χ1) is 7.18. The van der Waals surface area contributed by atoms with Crippen LogP contribution in [0.1, 0.15) is 18.3 Å². The van der Waals surface area contributed by atoms with Gasteiger partial charge < -0.3 is 10.1 Å². The molecule has 0 aliphatic carbocycles. The Morgan fingerprint density at radius 2 is 2.20 bits per heavy atom. The van der Waals surface area contributed by atoms with Crippen LogP contribution in [0, 0.1) is 12.3 Å². The van der Waals surface area contributed by atoms with Gasteiger partial charge in [-0.3, -0.25) is 9.97 Å². The molecule has 1 aliphatic heterocycles. The average Bonchev–Trinajstić information content (AvgIpc) is 2.19. The number of hydrogen-bond acceptors (Lipinski definition) is 4. The van der Waals surface area contributed by atoms with Crippen molar-refractivity contribution in [3.05, 3.63) is 23.8 Å². The first-order valence-electron chi connectivity index (χ1n) is 5.24. The maximum absolute atomic E-state index is 5.19. The van der Waals surface area contributed by atoms with E-state index in [9.17, 15) is 0 Å². The first-order valence-corrected chi connectivity index (χ1v) is 5.24. The number of nitrogens with zero attached hydrogens (tertiary/aromatic N) is 2. The summed E-state index contributed by atoms with van der Waals surface area (Å²) in [5, 5.41) is 3.38. The third kappa shape index (κ3) is 2.73. The van der Waals surface area contributed by atoms with Crippen LogP contribution in [0.2, 0.25) is 0 Å². The molecule has 1 aromatic heterocycles. The normalized spacial score (nSPS) is 18.5. The van der Waals surface area contributed by atoms with Crippen molar-refractivity contribution >= 4 is 0 Å². The quantitative estimate of drug-likeness (QED) is 0.797. The molecule has 1 aliphatic rings. The number of hydrogen-bond donors (Lipinski definition) is 1. The molecule has 1 saturated heterocycles. The van der Waals surface area contributed by atoms with Gasteiger partial charge in [0.25, 0.3) is 0 Å². The van der Waals surface area contributed by atoms with E-state index in [0.29, 0.717) is 5.41 Å². The van der Waals surface area contributed by atoms with Crippen molar-refractivity contribution in [2.45, 2.75) is 20.4 Å². The minimum atomic E-state index is 0.318. The van der Waals surface area contributed by atoms with Gasteiger partial charge in [0.1, 0.15) is 0 Å². The van der Waals surface area contributed by atoms with E-state index in [1.807, 2.05) is 13.1 Å². The monoisotopic (exact) mass is 207 g/mol. The molecule has 2 rings (SSSR count). The Balaban J connectivity index is 1.76. The molecule has 0 unspecified atom stereocenters. The van der Waals surface area contributed by atoms with Crippen molar-refractivity contribution < 1.29 is 4.74 Å². The Labute approximate surface area is 90.1 Å². The molecule has 1 aromatic rings. The predicted molar refractivity (Wildman–Crippen MR) is 57.4 cm³/mol. The number of nitrogens with one attached hydrogen (secondary N) is 1. The first kappa shape index (κ1) is 10.5. The summed E-state index contributed by atoms with van der Waals surface area (Å²) in [6.45, 7) is 7.64. The topological polar surface area (TPSA) is 47.0 Å². The molecule has 4 heteroatoms. The number of rotatable bonds is 4. The van der Waals surface area contributed by atoms with Crippen LogP contribution in [-0.2, 0) is 11.3 Å². The maximum atomic E-state index is 5.19. The van der Waals surface area contributed by atoms with Gasteiger partial charge in [-0.05, 0) is 6.92 Å². The Hall–Kier alpha value is -1.00. The lowest BCUT2D eigenvalue weighted by Crippen LogP contribution is -2.47. The fourth-order valence-electron chi connectivity index (χ4n) is 1.56. The van der Waals surface area contributed by atoms with Crippen molar-refractivity contribution in [2.24, 2.45) is 5.41 Å². The summed E-state index contributed by atoms with van der Waals surface area (Å²) in [5.41, 5.74) is 2.26. The van der Waals surface area contributed by atoms with E-state index in [1.54, 1.807) is 6.20 Å². The minimum Gasteiger partial charge on any atom is -0.380 e. The average molecular weight is 207 g/mol. The van der Waals surface area contributed by atoms with Gasteiger partial charge in [-0.1, -0.05) is 6.92 Å². The van der Waals surface area contributed by atoms with Crippen LogP contribution < -0.4 is 5.32 Å². The molecule has 2 heterocycles. The molecular weight excluding hydrogens is 190 g/mol. The Kier molecular flexibility index (Phi) is 2.98. The van der Waals surface area contributed by atoms with E-state index in [0.717, 1.165) is 37.7 Å². The molecule has 0 atom stereocenters. The molecule has 0 spiro atoms. The van der Waals surface area contributed by atoms with Crippen LogP contribution in [0.3, 0.4) is 0 Å². The zero-order valence-electron chi connectivity index (χ0n) is 9.29. The molecule has 1 fully saturated rings. The van der Waals surface area contributed by atoms with Crippen LogP contribution in [0.15, 0.2) is 12.4 Å². The molecule has 0 radical (unpaired) electrons. The van der Waals surface area contributed by atoms with E-state index >= 15 is 0 Å². The highest BCUT2D eigenvalue weighted by Gasteiger charge is 2.32. The van der Waals surface area contributed by atoms with Gasteiger partial charge in [-0.2, -0.15) is 0 Å². The highest BCUT2D eigenvalue weighted by molar-refractivity contribution is 5.00. The van der Waals surface area contributed by atoms with Gasteiger partial charge in [0.15, 0.2) is 0 Å². The number of aryl methyl sites for hydroxylation is 1. The largest absolute Gasteiger partial charge is 0.380 e. The summed E-state index contributed by atoms with van der Waals surface area (Å²) in [4.78, 5) is 8.49. The Morgan fingerprint density at radius 1 is 1.40 bits per heavy atom. The fourth-order valence-corrected chi connectivity index (χ4v) is 1.56. The number of ether oxygens (including phenoxy) is 1. The Bertz CT molecular complexity index is 319. The zero-order chi connectivity index (χ0) is 10.7. The number of aromatic nitrogens is 2. The highest BCUT2D eigenvalue weighted by atomic mass is 16.5. The summed E-state index contributed by atoms with van der Waals surface area (Å²) < 4.78 is 5.19. The van der Waals surface area contributed by atoms with Gasteiger partial charge >= 0.3 is 0 Å². The van der Waals surface area contributed by atoms with Crippen molar-refractivity contribution in [2.75, 3.05) is 19.8 Å². The molecule has 4 nitrogen and oxygen atoms in total. The van der Waals surface area contributed by atoms with Gasteiger partial charge in [0.2, 0.25) is 0 Å². The van der Waals surface area contributed by atoms with Crippen LogP contribution in [-0.4, -0.2) is 29.7 Å². The molecular formula is C11H17N3O. The van der Waals surface area contributed by atoms with Crippen molar-refractivity contribution in [3.8, 4) is 0 Å². The van der Waals surface area contributed by atoms with Gasteiger partial charge in [0.05, 0.1) is 24.6 Å². The van der Waals surface area contributed by atoms with Crippen LogP contribution in [0.25, 0.3) is 0 Å². The van der Waals surface area contributed by atoms with Gasteiger partial charge in [-0.25, -0.2) is 0 Å². The van der Waals surface area contributed by atoms with Crippen LogP contribution in [0.5, 0.6) is 0 Å². The second kappa shape index (κ2) is 4.24. The summed E-state index contributed by atoms with van der Waals surface area (Å²) in [6.07, 6.45) is 3.62. The van der Waals surface area contributed by atoms with Crippen LogP contribution in [0.4, 0.5) is 0 Å². The third-order valence-electron chi connectivity index (χ3n) is 2.59. The predicted octanol–water partition coefficient (Wildman–Crippen LogP) is 0.911. The molecule has 15 heavy (non-hydrogen) atoms. The lowest BCUT2D eigenvalue weighted by Gasteiger charge is -2.38. The molecule has 82 valence electrons. The van der Waals surface area contributed by atoms with E-state index in [4.69, 9.17) is 4.74 Å². The lowest BCUT2D eigenvalue weighted by atomic mass is 9.89. The van der Waals surface area contributed by atoms with E-state index < -0.39 is 0 Å². The van der Waals surface area contributed by atoms with E-state index in [-0.39, 0.29) is 0 Å². The van der Waals surface area contributed by atoms with Crippen molar-refractivity contribution in [1.82, 2.24) is 15.3 Å². The zero-order valence-corrected chi connectivity index (χ0v) is 9.29. The minimum absolute atomic E-state index is 0.318. The molecule has 0 amide bonds. The van der Waals surface area contributed by atoms with Crippen molar-refractivity contribution in [1.29, 1.82) is 0 Å². The fraction of sp³-hybridized carbons (Fsp3) is 0.636. The summed E-state index contributed by atoms with van der Waals surface area (Å²) in [7, 11) is 0. The van der Waals surface area contributed by atoms with E-state index in [1.165, 1.54) is 0 Å². The third-order valence-corrected chi connectivity index (χ3v) is 2.59. The van der Waals surface area contributed by atoms with Crippen molar-refractivity contribution in [3.63, 3.8) is 0 Å². The summed E-state index contributed by atoms with van der Waals surface area (Å²) >= 11 is 0. The molecule has 0 saturated carbocycles.